The average Bonchev–Trinajstić information content (AvgIpc) is 2.80. The van der Waals surface area contributed by atoms with Crippen molar-refractivity contribution in [3.8, 4) is 0 Å². The molecule has 8 aliphatic carbocycles. The molecular formula is C32H35NO2. The number of carbonyl (C=O) groups is 2. The smallest absolute Gasteiger partial charge is 0.258 e. The summed E-state index contributed by atoms with van der Waals surface area (Å²) in [5.41, 5.74) is 4.80. The molecule has 1 N–H and O–H groups in total. The maximum absolute atomic E-state index is 13.1. The maximum atomic E-state index is 13.1. The van der Waals surface area contributed by atoms with Crippen LogP contribution in [0.4, 0.5) is 0 Å². The second-order valence-corrected chi connectivity index (χ2v) is 14.3. The molecule has 35 heavy (non-hydrogen) atoms. The number of imide groups is 1. The summed E-state index contributed by atoms with van der Waals surface area (Å²) < 4.78 is 0. The van der Waals surface area contributed by atoms with Gasteiger partial charge in [0.25, 0.3) is 11.8 Å². The summed E-state index contributed by atoms with van der Waals surface area (Å²) in [5, 5.41) is 4.80. The molecule has 2 amide bonds. The van der Waals surface area contributed by atoms with Crippen molar-refractivity contribution in [3.05, 3.63) is 46.5 Å². The normalized spacial score (nSPS) is 44.3. The minimum Gasteiger partial charge on any atom is -0.288 e. The molecule has 9 aliphatic rings. The molecule has 0 radical (unpaired) electrons. The number of amides is 2. The number of benzene rings is 2. The van der Waals surface area contributed by atoms with Crippen LogP contribution in [0.5, 0.6) is 0 Å². The van der Waals surface area contributed by atoms with Gasteiger partial charge >= 0.3 is 0 Å². The van der Waals surface area contributed by atoms with E-state index in [4.69, 9.17) is 0 Å². The molecule has 1 heterocycles. The first-order valence-electron chi connectivity index (χ1n) is 14.4. The van der Waals surface area contributed by atoms with Gasteiger partial charge in [-0.05, 0) is 152 Å². The molecule has 2 aromatic rings. The summed E-state index contributed by atoms with van der Waals surface area (Å²) in [6.07, 6.45) is 16.3. The standard InChI is InChI=1S/C32H35NO2/c34-29-26-9-24(31-11-17-1-18(12-31)3-19(2-17)13-31)7-23-8-25(10-27(28(23)26)30(35)33-29)32-14-20-4-21(15-32)6-22(5-20)16-32/h7-10,17-22H,1-6,11-16H2,(H,33,34,35). The molecule has 8 bridgehead atoms. The van der Waals surface area contributed by atoms with Crippen LogP contribution in [-0.4, -0.2) is 11.8 Å². The van der Waals surface area contributed by atoms with Crippen LogP contribution in [0.15, 0.2) is 24.3 Å². The lowest BCUT2D eigenvalue weighted by Crippen LogP contribution is -2.49. The molecule has 8 fully saturated rings. The zero-order chi connectivity index (χ0) is 23.1. The Balaban J connectivity index is 1.25. The lowest BCUT2D eigenvalue weighted by molar-refractivity contribution is -0.00521. The van der Waals surface area contributed by atoms with E-state index in [1.165, 1.54) is 93.6 Å². The van der Waals surface area contributed by atoms with Crippen molar-refractivity contribution in [2.45, 2.75) is 87.9 Å². The SMILES string of the molecule is O=C1NC(=O)c2cc(C34CC5CC(CC(C5)C3)C4)cc3cc(C45CC6CC(CC(C6)C4)C5)cc1c23. The van der Waals surface area contributed by atoms with E-state index in [0.29, 0.717) is 0 Å². The number of carbonyl (C=O) groups excluding carboxylic acids is 2. The number of nitrogens with one attached hydrogen (secondary N) is 1. The van der Waals surface area contributed by atoms with Crippen molar-refractivity contribution in [1.29, 1.82) is 0 Å². The van der Waals surface area contributed by atoms with E-state index in [9.17, 15) is 9.59 Å². The molecule has 8 saturated carbocycles. The van der Waals surface area contributed by atoms with E-state index in [1.54, 1.807) is 0 Å². The lowest BCUT2D eigenvalue weighted by Gasteiger charge is -2.57. The number of hydrogen-bond donors (Lipinski definition) is 1. The Bertz CT molecular complexity index is 1170. The largest absolute Gasteiger partial charge is 0.288 e. The van der Waals surface area contributed by atoms with Crippen LogP contribution in [0.3, 0.4) is 0 Å². The van der Waals surface area contributed by atoms with Gasteiger partial charge in [0, 0.05) is 16.5 Å². The van der Waals surface area contributed by atoms with E-state index in [2.05, 4.69) is 29.6 Å². The quantitative estimate of drug-likeness (QED) is 0.504. The molecule has 0 unspecified atom stereocenters. The van der Waals surface area contributed by atoms with Gasteiger partial charge in [-0.15, -0.1) is 0 Å². The van der Waals surface area contributed by atoms with Crippen LogP contribution in [0.1, 0.15) is 109 Å². The topological polar surface area (TPSA) is 46.2 Å². The molecule has 1 aliphatic heterocycles. The molecule has 0 saturated heterocycles. The first-order valence-corrected chi connectivity index (χ1v) is 14.4. The highest BCUT2D eigenvalue weighted by Gasteiger charge is 2.53. The average molecular weight is 466 g/mol. The molecule has 2 aromatic carbocycles. The van der Waals surface area contributed by atoms with Crippen molar-refractivity contribution < 1.29 is 9.59 Å². The summed E-state index contributed by atoms with van der Waals surface area (Å²) in [6, 6.07) is 9.27. The van der Waals surface area contributed by atoms with Crippen LogP contribution < -0.4 is 5.32 Å². The zero-order valence-corrected chi connectivity index (χ0v) is 20.6. The van der Waals surface area contributed by atoms with Crippen molar-refractivity contribution in [3.63, 3.8) is 0 Å². The van der Waals surface area contributed by atoms with Gasteiger partial charge in [0.05, 0.1) is 0 Å². The van der Waals surface area contributed by atoms with Crippen LogP contribution in [-0.2, 0) is 10.8 Å². The Hall–Kier alpha value is -2.16. The summed E-state index contributed by atoms with van der Waals surface area (Å²) in [5.74, 6) is 4.85. The fourth-order valence-corrected chi connectivity index (χ4v) is 11.7. The van der Waals surface area contributed by atoms with Gasteiger partial charge < -0.3 is 0 Å². The monoisotopic (exact) mass is 465 g/mol. The van der Waals surface area contributed by atoms with Crippen molar-refractivity contribution in [2.24, 2.45) is 35.5 Å². The van der Waals surface area contributed by atoms with Crippen LogP contribution in [0, 0.1) is 35.5 Å². The van der Waals surface area contributed by atoms with Crippen molar-refractivity contribution in [1.82, 2.24) is 5.32 Å². The lowest BCUT2D eigenvalue weighted by atomic mass is 9.47. The zero-order valence-electron chi connectivity index (χ0n) is 20.6. The Morgan fingerprint density at radius 3 is 1.23 bits per heavy atom. The third-order valence-corrected chi connectivity index (χ3v) is 12.1. The van der Waals surface area contributed by atoms with Gasteiger partial charge in [-0.1, -0.05) is 12.1 Å². The van der Waals surface area contributed by atoms with Crippen molar-refractivity contribution in [2.75, 3.05) is 0 Å². The van der Waals surface area contributed by atoms with Gasteiger partial charge in [-0.25, -0.2) is 0 Å². The third kappa shape index (κ3) is 2.63. The number of hydrogen-bond acceptors (Lipinski definition) is 2. The van der Waals surface area contributed by atoms with E-state index in [1.807, 2.05) is 0 Å². The van der Waals surface area contributed by atoms with Crippen LogP contribution in [0.25, 0.3) is 10.8 Å². The molecular weight excluding hydrogens is 430 g/mol. The molecule has 3 nitrogen and oxygen atoms in total. The fourth-order valence-electron chi connectivity index (χ4n) is 11.7. The van der Waals surface area contributed by atoms with E-state index >= 15 is 0 Å². The Labute approximate surface area is 207 Å². The Morgan fingerprint density at radius 2 is 0.886 bits per heavy atom. The van der Waals surface area contributed by atoms with Crippen molar-refractivity contribution >= 4 is 22.6 Å². The fraction of sp³-hybridized carbons (Fsp3) is 0.625. The predicted molar refractivity (Wildman–Crippen MR) is 135 cm³/mol. The predicted octanol–water partition coefficient (Wildman–Crippen LogP) is 6.66. The van der Waals surface area contributed by atoms with Gasteiger partial charge in [0.1, 0.15) is 0 Å². The highest BCUT2D eigenvalue weighted by Crippen LogP contribution is 2.62. The van der Waals surface area contributed by atoms with Gasteiger partial charge in [-0.3, -0.25) is 14.9 Å². The van der Waals surface area contributed by atoms with E-state index in [0.717, 1.165) is 52.0 Å². The van der Waals surface area contributed by atoms with Gasteiger partial charge in [0.2, 0.25) is 0 Å². The van der Waals surface area contributed by atoms with E-state index in [-0.39, 0.29) is 22.6 Å². The summed E-state index contributed by atoms with van der Waals surface area (Å²) in [7, 11) is 0. The highest BCUT2D eigenvalue weighted by molar-refractivity contribution is 6.25. The van der Waals surface area contributed by atoms with Crippen LogP contribution in [0.2, 0.25) is 0 Å². The Morgan fingerprint density at radius 1 is 0.543 bits per heavy atom. The summed E-state index contributed by atoms with van der Waals surface area (Å²) in [6.45, 7) is 0. The first kappa shape index (κ1) is 20.0. The van der Waals surface area contributed by atoms with Gasteiger partial charge in [0.15, 0.2) is 0 Å². The maximum Gasteiger partial charge on any atom is 0.258 e. The van der Waals surface area contributed by atoms with Crippen LogP contribution >= 0.6 is 0 Å². The minimum absolute atomic E-state index is 0.193. The van der Waals surface area contributed by atoms with Gasteiger partial charge in [-0.2, -0.15) is 0 Å². The highest BCUT2D eigenvalue weighted by atomic mass is 16.2. The Kier molecular flexibility index (Phi) is 3.64. The number of rotatable bonds is 2. The molecule has 0 atom stereocenters. The first-order chi connectivity index (χ1) is 17.0. The molecule has 180 valence electrons. The molecule has 3 heteroatoms. The van der Waals surface area contributed by atoms with E-state index < -0.39 is 0 Å². The molecule has 0 spiro atoms. The minimum atomic E-state index is -0.193. The second kappa shape index (κ2) is 6.39. The molecule has 0 aromatic heterocycles. The third-order valence-electron chi connectivity index (χ3n) is 12.1. The summed E-state index contributed by atoms with van der Waals surface area (Å²) >= 11 is 0. The summed E-state index contributed by atoms with van der Waals surface area (Å²) in [4.78, 5) is 26.3. The molecule has 11 rings (SSSR count). The second-order valence-electron chi connectivity index (χ2n) is 14.3.